The van der Waals surface area contributed by atoms with Gasteiger partial charge in [-0.05, 0) is 34.9 Å². The van der Waals surface area contributed by atoms with E-state index < -0.39 is 0 Å². The summed E-state index contributed by atoms with van der Waals surface area (Å²) in [7, 11) is 1.70. The van der Waals surface area contributed by atoms with E-state index in [-0.39, 0.29) is 0 Å². The second kappa shape index (κ2) is 8.91. The average Bonchev–Trinajstić information content (AvgIpc) is 2.89. The highest BCUT2D eigenvalue weighted by Gasteiger charge is 2.19. The lowest BCUT2D eigenvalue weighted by Crippen LogP contribution is -1.98. The number of nitrogens with zero attached hydrogens (tertiary/aromatic N) is 1. The standard InChI is InChI=1S/C30H23NO/c1-32-28-20-12-11-19-25(28)27-21-26(22-13-5-2-6-14-22)29(23-15-7-3-8-16-23)30(31-27)24-17-9-4-10-18-24/h2-21H,1H3. The van der Waals surface area contributed by atoms with Gasteiger partial charge >= 0.3 is 0 Å². The topological polar surface area (TPSA) is 22.1 Å². The first-order valence-corrected chi connectivity index (χ1v) is 10.7. The van der Waals surface area contributed by atoms with Crippen molar-refractivity contribution in [3.05, 3.63) is 121 Å². The van der Waals surface area contributed by atoms with E-state index in [0.29, 0.717) is 0 Å². The molecule has 4 aromatic carbocycles. The maximum absolute atomic E-state index is 5.67. The van der Waals surface area contributed by atoms with Crippen LogP contribution in [0.3, 0.4) is 0 Å². The van der Waals surface area contributed by atoms with Crippen LogP contribution in [0, 0.1) is 0 Å². The molecule has 2 heteroatoms. The minimum Gasteiger partial charge on any atom is -0.496 e. The Morgan fingerprint density at radius 2 is 1.06 bits per heavy atom. The van der Waals surface area contributed by atoms with E-state index in [4.69, 9.17) is 9.72 Å². The van der Waals surface area contributed by atoms with Gasteiger partial charge in [0.2, 0.25) is 0 Å². The Labute approximate surface area is 188 Å². The van der Waals surface area contributed by atoms with Crippen LogP contribution in [0.15, 0.2) is 121 Å². The molecule has 0 N–H and O–H groups in total. The smallest absolute Gasteiger partial charge is 0.128 e. The second-order valence-corrected chi connectivity index (χ2v) is 7.58. The van der Waals surface area contributed by atoms with Crippen molar-refractivity contribution in [2.45, 2.75) is 0 Å². The Morgan fingerprint density at radius 1 is 0.531 bits per heavy atom. The summed E-state index contributed by atoms with van der Waals surface area (Å²) in [4.78, 5) is 5.20. The van der Waals surface area contributed by atoms with E-state index in [2.05, 4.69) is 84.9 Å². The van der Waals surface area contributed by atoms with E-state index in [9.17, 15) is 0 Å². The molecule has 1 heterocycles. The molecule has 32 heavy (non-hydrogen) atoms. The van der Waals surface area contributed by atoms with Crippen LogP contribution in [0.2, 0.25) is 0 Å². The van der Waals surface area contributed by atoms with Gasteiger partial charge in [0.15, 0.2) is 0 Å². The SMILES string of the molecule is COc1ccccc1-c1cc(-c2ccccc2)c(-c2ccccc2)c(-c2ccccc2)n1. The number of para-hydroxylation sites is 1. The zero-order chi connectivity index (χ0) is 21.8. The molecule has 154 valence electrons. The van der Waals surface area contributed by atoms with Crippen LogP contribution in [-0.2, 0) is 0 Å². The quantitative estimate of drug-likeness (QED) is 0.294. The van der Waals surface area contributed by atoms with Crippen LogP contribution >= 0.6 is 0 Å². The third-order valence-electron chi connectivity index (χ3n) is 5.60. The fraction of sp³-hybridized carbons (Fsp3) is 0.0333. The van der Waals surface area contributed by atoms with Crippen molar-refractivity contribution in [3.63, 3.8) is 0 Å². The molecule has 0 aliphatic rings. The van der Waals surface area contributed by atoms with Crippen molar-refractivity contribution in [3.8, 4) is 50.5 Å². The molecule has 5 rings (SSSR count). The van der Waals surface area contributed by atoms with Gasteiger partial charge in [-0.1, -0.05) is 103 Å². The molecule has 1 aromatic heterocycles. The largest absolute Gasteiger partial charge is 0.496 e. The number of methoxy groups -OCH3 is 1. The Morgan fingerprint density at radius 3 is 1.69 bits per heavy atom. The molecule has 0 aliphatic heterocycles. The third kappa shape index (κ3) is 3.79. The van der Waals surface area contributed by atoms with Gasteiger partial charge in [-0.15, -0.1) is 0 Å². The predicted octanol–water partition coefficient (Wildman–Crippen LogP) is 7.76. The van der Waals surface area contributed by atoms with Crippen molar-refractivity contribution in [2.75, 3.05) is 7.11 Å². The molecule has 0 saturated heterocycles. The van der Waals surface area contributed by atoms with Gasteiger partial charge in [-0.25, -0.2) is 4.98 Å². The summed E-state index contributed by atoms with van der Waals surface area (Å²) in [6.45, 7) is 0. The summed E-state index contributed by atoms with van der Waals surface area (Å²) in [5.41, 5.74) is 8.47. The van der Waals surface area contributed by atoms with Crippen molar-refractivity contribution in [1.82, 2.24) is 4.98 Å². The molecule has 5 aromatic rings. The number of aromatic nitrogens is 1. The molecule has 0 saturated carbocycles. The molecule has 0 bridgehead atoms. The lowest BCUT2D eigenvalue weighted by atomic mass is 9.89. The molecule has 0 unspecified atom stereocenters. The summed E-state index contributed by atoms with van der Waals surface area (Å²) in [6, 6.07) is 41.6. The minimum atomic E-state index is 0.811. The first-order valence-electron chi connectivity index (χ1n) is 10.7. The molecule has 0 spiro atoms. The zero-order valence-electron chi connectivity index (χ0n) is 17.9. The molecule has 2 nitrogen and oxygen atoms in total. The first-order chi connectivity index (χ1) is 15.8. The van der Waals surface area contributed by atoms with E-state index in [1.165, 1.54) is 0 Å². The molecule has 0 radical (unpaired) electrons. The summed E-state index contributed by atoms with van der Waals surface area (Å²) < 4.78 is 5.67. The Hall–Kier alpha value is -4.17. The zero-order valence-corrected chi connectivity index (χ0v) is 17.9. The van der Waals surface area contributed by atoms with E-state index in [0.717, 1.165) is 50.5 Å². The lowest BCUT2D eigenvalue weighted by Gasteiger charge is -2.18. The van der Waals surface area contributed by atoms with Crippen LogP contribution in [0.4, 0.5) is 0 Å². The Bertz CT molecular complexity index is 1270. The summed E-state index contributed by atoms with van der Waals surface area (Å²) in [6.07, 6.45) is 0. The van der Waals surface area contributed by atoms with Gasteiger partial charge in [-0.2, -0.15) is 0 Å². The summed E-state index contributed by atoms with van der Waals surface area (Å²) in [5.74, 6) is 0.811. The van der Waals surface area contributed by atoms with Gasteiger partial charge in [0.1, 0.15) is 5.75 Å². The number of benzene rings is 4. The van der Waals surface area contributed by atoms with Gasteiger partial charge in [0, 0.05) is 16.7 Å². The monoisotopic (exact) mass is 413 g/mol. The number of rotatable bonds is 5. The van der Waals surface area contributed by atoms with Gasteiger partial charge in [0.25, 0.3) is 0 Å². The number of hydrogen-bond donors (Lipinski definition) is 0. The molecule has 0 aliphatic carbocycles. The molecule has 0 atom stereocenters. The van der Waals surface area contributed by atoms with Crippen LogP contribution in [-0.4, -0.2) is 12.1 Å². The Balaban J connectivity index is 1.89. The van der Waals surface area contributed by atoms with Gasteiger partial charge in [-0.3, -0.25) is 0 Å². The van der Waals surface area contributed by atoms with Crippen LogP contribution in [0.25, 0.3) is 44.8 Å². The van der Waals surface area contributed by atoms with Crippen molar-refractivity contribution in [2.24, 2.45) is 0 Å². The highest BCUT2D eigenvalue weighted by atomic mass is 16.5. The van der Waals surface area contributed by atoms with Crippen molar-refractivity contribution in [1.29, 1.82) is 0 Å². The highest BCUT2D eigenvalue weighted by molar-refractivity contribution is 5.95. The fourth-order valence-corrected chi connectivity index (χ4v) is 4.09. The molecular formula is C30H23NO. The average molecular weight is 414 g/mol. The number of pyridine rings is 1. The minimum absolute atomic E-state index is 0.811. The van der Waals surface area contributed by atoms with E-state index >= 15 is 0 Å². The molecule has 0 fully saturated rings. The predicted molar refractivity (Wildman–Crippen MR) is 133 cm³/mol. The van der Waals surface area contributed by atoms with Crippen LogP contribution in [0.5, 0.6) is 5.75 Å². The first kappa shape index (κ1) is 19.8. The Kier molecular flexibility index (Phi) is 5.50. The maximum atomic E-state index is 5.67. The fourth-order valence-electron chi connectivity index (χ4n) is 4.09. The van der Waals surface area contributed by atoms with E-state index in [1.54, 1.807) is 7.11 Å². The van der Waals surface area contributed by atoms with Gasteiger partial charge in [0.05, 0.1) is 18.5 Å². The molecular weight excluding hydrogens is 390 g/mol. The number of hydrogen-bond acceptors (Lipinski definition) is 2. The van der Waals surface area contributed by atoms with Gasteiger partial charge < -0.3 is 4.74 Å². The maximum Gasteiger partial charge on any atom is 0.128 e. The van der Waals surface area contributed by atoms with E-state index in [1.807, 2.05) is 36.4 Å². The van der Waals surface area contributed by atoms with Crippen molar-refractivity contribution < 1.29 is 4.74 Å². The number of ether oxygens (including phenoxy) is 1. The third-order valence-corrected chi connectivity index (χ3v) is 5.60. The summed E-state index contributed by atoms with van der Waals surface area (Å²) in [5, 5.41) is 0. The molecule has 0 amide bonds. The van der Waals surface area contributed by atoms with Crippen molar-refractivity contribution >= 4 is 0 Å². The lowest BCUT2D eigenvalue weighted by molar-refractivity contribution is 0.416. The normalized spacial score (nSPS) is 10.7. The highest BCUT2D eigenvalue weighted by Crippen LogP contribution is 2.42. The van der Waals surface area contributed by atoms with Crippen LogP contribution < -0.4 is 4.74 Å². The second-order valence-electron chi connectivity index (χ2n) is 7.58. The summed E-state index contributed by atoms with van der Waals surface area (Å²) >= 11 is 0. The van der Waals surface area contributed by atoms with Crippen LogP contribution in [0.1, 0.15) is 0 Å².